The number of nitrogens with one attached hydrogen (secondary N) is 1. The second-order valence-electron chi connectivity index (χ2n) is 5.17. The number of carbonyl (C=O) groups is 1. The Morgan fingerprint density at radius 2 is 1.88 bits per heavy atom. The van der Waals surface area contributed by atoms with Crippen molar-refractivity contribution in [2.45, 2.75) is 20.0 Å². The van der Waals surface area contributed by atoms with Crippen LogP contribution in [0.4, 0.5) is 5.69 Å². The lowest BCUT2D eigenvalue weighted by Gasteiger charge is -2.17. The molecule has 0 aliphatic carbocycles. The van der Waals surface area contributed by atoms with E-state index in [1.807, 2.05) is 31.2 Å². The maximum atomic E-state index is 12.2. The van der Waals surface area contributed by atoms with Gasteiger partial charge in [-0.3, -0.25) is 4.79 Å². The van der Waals surface area contributed by atoms with Gasteiger partial charge in [0.25, 0.3) is 5.91 Å². The first-order chi connectivity index (χ1) is 11.5. The summed E-state index contributed by atoms with van der Waals surface area (Å²) in [5.74, 6) is 0.846. The van der Waals surface area contributed by atoms with Crippen LogP contribution in [-0.4, -0.2) is 19.1 Å². The molecular formula is C19H20ClNO3. The smallest absolute Gasteiger partial charge is 0.265 e. The van der Waals surface area contributed by atoms with Crippen LogP contribution in [0.5, 0.6) is 11.5 Å². The van der Waals surface area contributed by atoms with Crippen LogP contribution in [0.15, 0.2) is 48.5 Å². The Kier molecular flexibility index (Phi) is 6.27. The van der Waals surface area contributed by atoms with E-state index in [-0.39, 0.29) is 5.91 Å². The van der Waals surface area contributed by atoms with Gasteiger partial charge in [0.1, 0.15) is 0 Å². The van der Waals surface area contributed by atoms with Crippen molar-refractivity contribution in [1.82, 2.24) is 0 Å². The van der Waals surface area contributed by atoms with Crippen molar-refractivity contribution in [3.63, 3.8) is 0 Å². The second kappa shape index (κ2) is 8.41. The quantitative estimate of drug-likeness (QED) is 0.819. The predicted octanol–water partition coefficient (Wildman–Crippen LogP) is 4.79. The molecule has 0 bridgehead atoms. The fraction of sp³-hybridized carbons (Fsp3) is 0.211. The van der Waals surface area contributed by atoms with Crippen LogP contribution >= 0.6 is 11.6 Å². The van der Waals surface area contributed by atoms with E-state index in [4.69, 9.17) is 21.1 Å². The van der Waals surface area contributed by atoms with Crippen LogP contribution in [-0.2, 0) is 4.79 Å². The number of benzene rings is 2. The molecule has 1 amide bonds. The highest BCUT2D eigenvalue weighted by molar-refractivity contribution is 6.30. The van der Waals surface area contributed by atoms with E-state index in [9.17, 15) is 4.79 Å². The zero-order chi connectivity index (χ0) is 17.5. The highest BCUT2D eigenvalue weighted by Crippen LogP contribution is 2.29. The lowest BCUT2D eigenvalue weighted by molar-refractivity contribution is -0.122. The molecule has 1 N–H and O–H groups in total. The molecule has 0 radical (unpaired) electrons. The van der Waals surface area contributed by atoms with Crippen LogP contribution in [0.2, 0.25) is 5.02 Å². The third-order valence-electron chi connectivity index (χ3n) is 3.33. The lowest BCUT2D eigenvalue weighted by Crippen LogP contribution is -2.30. The first kappa shape index (κ1) is 17.9. The zero-order valence-corrected chi connectivity index (χ0v) is 14.6. The Morgan fingerprint density at radius 1 is 1.17 bits per heavy atom. The summed E-state index contributed by atoms with van der Waals surface area (Å²) in [7, 11) is 1.57. The summed E-state index contributed by atoms with van der Waals surface area (Å²) in [6.07, 6.45) is 3.22. The Labute approximate surface area is 147 Å². The van der Waals surface area contributed by atoms with E-state index in [0.717, 1.165) is 5.56 Å². The van der Waals surface area contributed by atoms with E-state index in [1.165, 1.54) is 0 Å². The molecule has 0 spiro atoms. The third kappa shape index (κ3) is 4.77. The summed E-state index contributed by atoms with van der Waals surface area (Å²) >= 11 is 5.83. The standard InChI is InChI=1S/C19H20ClNO3/c1-4-5-14-6-11-17(18(12-14)23-3)24-13(2)19(22)21-16-9-7-15(20)8-10-16/h4-13H,1-3H3,(H,21,22)/b5-4+/t13-/m0/s1. The minimum absolute atomic E-state index is 0.253. The average Bonchev–Trinajstić information content (AvgIpc) is 2.58. The highest BCUT2D eigenvalue weighted by Gasteiger charge is 2.17. The van der Waals surface area contributed by atoms with Gasteiger partial charge in [-0.15, -0.1) is 0 Å². The van der Waals surface area contributed by atoms with Gasteiger partial charge in [-0.05, 0) is 55.8 Å². The third-order valence-corrected chi connectivity index (χ3v) is 3.58. The first-order valence-corrected chi connectivity index (χ1v) is 7.95. The second-order valence-corrected chi connectivity index (χ2v) is 5.60. The molecule has 5 heteroatoms. The van der Waals surface area contributed by atoms with E-state index in [2.05, 4.69) is 5.32 Å². The number of methoxy groups -OCH3 is 1. The minimum Gasteiger partial charge on any atom is -0.493 e. The van der Waals surface area contributed by atoms with Gasteiger partial charge in [0.05, 0.1) is 7.11 Å². The zero-order valence-electron chi connectivity index (χ0n) is 13.9. The number of carbonyl (C=O) groups excluding carboxylic acids is 1. The number of rotatable bonds is 6. The van der Waals surface area contributed by atoms with Crippen LogP contribution in [0.1, 0.15) is 19.4 Å². The molecular weight excluding hydrogens is 326 g/mol. The number of ether oxygens (including phenoxy) is 2. The normalized spacial score (nSPS) is 12.0. The molecule has 0 fully saturated rings. The first-order valence-electron chi connectivity index (χ1n) is 7.57. The fourth-order valence-corrected chi connectivity index (χ4v) is 2.22. The van der Waals surface area contributed by atoms with Gasteiger partial charge in [-0.1, -0.05) is 29.8 Å². The highest BCUT2D eigenvalue weighted by atomic mass is 35.5. The van der Waals surface area contributed by atoms with Crippen LogP contribution in [0, 0.1) is 0 Å². The number of hydrogen-bond donors (Lipinski definition) is 1. The predicted molar refractivity (Wildman–Crippen MR) is 97.9 cm³/mol. The SMILES string of the molecule is C/C=C/c1ccc(O[C@@H](C)C(=O)Nc2ccc(Cl)cc2)c(OC)c1. The summed E-state index contributed by atoms with van der Waals surface area (Å²) in [5.41, 5.74) is 1.66. The fourth-order valence-electron chi connectivity index (χ4n) is 2.10. The van der Waals surface area contributed by atoms with Gasteiger partial charge in [0.15, 0.2) is 17.6 Å². The summed E-state index contributed by atoms with van der Waals surface area (Å²) in [6, 6.07) is 12.5. The summed E-state index contributed by atoms with van der Waals surface area (Å²) < 4.78 is 11.1. The monoisotopic (exact) mass is 345 g/mol. The summed E-state index contributed by atoms with van der Waals surface area (Å²) in [4.78, 5) is 12.2. The van der Waals surface area contributed by atoms with Crippen molar-refractivity contribution in [1.29, 1.82) is 0 Å². The van der Waals surface area contributed by atoms with Crippen molar-refractivity contribution in [3.8, 4) is 11.5 Å². The van der Waals surface area contributed by atoms with Gasteiger partial charge >= 0.3 is 0 Å². The van der Waals surface area contributed by atoms with E-state index in [1.54, 1.807) is 44.4 Å². The molecule has 126 valence electrons. The molecule has 2 rings (SSSR count). The molecule has 0 saturated heterocycles. The maximum absolute atomic E-state index is 12.2. The van der Waals surface area contributed by atoms with Crippen molar-refractivity contribution in [2.75, 3.05) is 12.4 Å². The average molecular weight is 346 g/mol. The number of amides is 1. The molecule has 2 aromatic rings. The topological polar surface area (TPSA) is 47.6 Å². The van der Waals surface area contributed by atoms with Crippen molar-refractivity contribution < 1.29 is 14.3 Å². The van der Waals surface area contributed by atoms with Crippen LogP contribution < -0.4 is 14.8 Å². The lowest BCUT2D eigenvalue weighted by atomic mass is 10.2. The number of anilines is 1. The number of halogens is 1. The van der Waals surface area contributed by atoms with E-state index in [0.29, 0.717) is 22.2 Å². The number of allylic oxidation sites excluding steroid dienone is 1. The molecule has 1 atom stereocenters. The molecule has 0 unspecified atom stereocenters. The molecule has 0 saturated carbocycles. The molecule has 0 aliphatic heterocycles. The Balaban J connectivity index is 2.06. The molecule has 4 nitrogen and oxygen atoms in total. The van der Waals surface area contributed by atoms with Gasteiger partial charge in [0, 0.05) is 10.7 Å². The van der Waals surface area contributed by atoms with Gasteiger partial charge in [0.2, 0.25) is 0 Å². The molecule has 0 aliphatic rings. The van der Waals surface area contributed by atoms with Crippen LogP contribution in [0.25, 0.3) is 6.08 Å². The minimum atomic E-state index is -0.679. The van der Waals surface area contributed by atoms with E-state index >= 15 is 0 Å². The van der Waals surface area contributed by atoms with Crippen molar-refractivity contribution >= 4 is 29.3 Å². The largest absolute Gasteiger partial charge is 0.493 e. The Morgan fingerprint density at radius 3 is 2.50 bits per heavy atom. The molecule has 0 aromatic heterocycles. The van der Waals surface area contributed by atoms with Crippen molar-refractivity contribution in [2.24, 2.45) is 0 Å². The molecule has 2 aromatic carbocycles. The van der Waals surface area contributed by atoms with Gasteiger partial charge < -0.3 is 14.8 Å². The van der Waals surface area contributed by atoms with Crippen molar-refractivity contribution in [3.05, 3.63) is 59.1 Å². The van der Waals surface area contributed by atoms with E-state index < -0.39 is 6.10 Å². The summed E-state index contributed by atoms with van der Waals surface area (Å²) in [6.45, 7) is 3.63. The Bertz CT molecular complexity index is 726. The summed E-state index contributed by atoms with van der Waals surface area (Å²) in [5, 5.41) is 3.40. The van der Waals surface area contributed by atoms with Gasteiger partial charge in [-0.2, -0.15) is 0 Å². The molecule has 24 heavy (non-hydrogen) atoms. The Hall–Kier alpha value is -2.46. The number of hydrogen-bond acceptors (Lipinski definition) is 3. The molecule has 0 heterocycles. The maximum Gasteiger partial charge on any atom is 0.265 e. The van der Waals surface area contributed by atoms with Gasteiger partial charge in [-0.25, -0.2) is 0 Å². The van der Waals surface area contributed by atoms with Crippen LogP contribution in [0.3, 0.4) is 0 Å².